The van der Waals surface area contributed by atoms with Crippen LogP contribution in [0.25, 0.3) is 0 Å². The van der Waals surface area contributed by atoms with Gasteiger partial charge in [0, 0.05) is 19.3 Å². The van der Waals surface area contributed by atoms with Gasteiger partial charge in [-0.15, -0.1) is 0 Å². The quantitative estimate of drug-likeness (QED) is 0.0207. The molecule has 0 saturated carbocycles. The van der Waals surface area contributed by atoms with Crippen molar-refractivity contribution in [3.05, 3.63) is 85.1 Å². The summed E-state index contributed by atoms with van der Waals surface area (Å²) in [7, 11) is 0. The molecular weight excluding hydrogens is 673 g/mol. The van der Waals surface area contributed by atoms with E-state index in [2.05, 4.69) is 45.1 Å². The van der Waals surface area contributed by atoms with Crippen LogP contribution in [0.4, 0.5) is 0 Å². The number of carbonyl (C=O) groups is 3. The number of carbonyl (C=O) groups excluding carboxylic acids is 3. The summed E-state index contributed by atoms with van der Waals surface area (Å²) >= 11 is 0. The second-order valence-electron chi connectivity index (χ2n) is 14.0. The number of hydrogen-bond acceptors (Lipinski definition) is 6. The van der Waals surface area contributed by atoms with Crippen LogP contribution in [-0.4, -0.2) is 37.2 Å². The Hall–Kier alpha value is -3.41. The van der Waals surface area contributed by atoms with Crippen molar-refractivity contribution in [2.75, 3.05) is 13.2 Å². The lowest BCUT2D eigenvalue weighted by Gasteiger charge is -2.18. The summed E-state index contributed by atoms with van der Waals surface area (Å²) in [5.74, 6) is -1.08. The number of unbranched alkanes of at least 4 members (excludes halogenated alkanes) is 16. The van der Waals surface area contributed by atoms with Gasteiger partial charge in [0.15, 0.2) is 6.10 Å². The van der Waals surface area contributed by atoms with E-state index >= 15 is 0 Å². The van der Waals surface area contributed by atoms with Crippen molar-refractivity contribution in [1.82, 2.24) is 0 Å². The van der Waals surface area contributed by atoms with Gasteiger partial charge in [0.1, 0.15) is 13.2 Å². The van der Waals surface area contributed by atoms with Gasteiger partial charge in [0.05, 0.1) is 0 Å². The van der Waals surface area contributed by atoms with Crippen molar-refractivity contribution in [2.24, 2.45) is 0 Å². The molecule has 0 aromatic rings. The van der Waals surface area contributed by atoms with Crippen molar-refractivity contribution >= 4 is 17.9 Å². The van der Waals surface area contributed by atoms with Gasteiger partial charge in [0.25, 0.3) is 0 Å². The van der Waals surface area contributed by atoms with E-state index in [0.29, 0.717) is 19.3 Å². The minimum atomic E-state index is -0.831. The molecule has 6 nitrogen and oxygen atoms in total. The van der Waals surface area contributed by atoms with Gasteiger partial charge < -0.3 is 14.2 Å². The van der Waals surface area contributed by atoms with E-state index in [-0.39, 0.29) is 38.0 Å². The number of esters is 3. The fourth-order valence-electron chi connectivity index (χ4n) is 5.52. The summed E-state index contributed by atoms with van der Waals surface area (Å²) in [5.41, 5.74) is 0. The molecule has 0 aliphatic carbocycles. The predicted molar refractivity (Wildman–Crippen MR) is 228 cm³/mol. The highest BCUT2D eigenvalue weighted by molar-refractivity contribution is 5.71. The van der Waals surface area contributed by atoms with Gasteiger partial charge in [-0.05, 0) is 51.4 Å². The molecule has 0 aliphatic heterocycles. The molecule has 0 heterocycles. The fraction of sp³-hybridized carbons (Fsp3) is 0.646. The maximum absolute atomic E-state index is 12.6. The fourth-order valence-corrected chi connectivity index (χ4v) is 5.52. The van der Waals surface area contributed by atoms with Crippen LogP contribution in [0.5, 0.6) is 0 Å². The topological polar surface area (TPSA) is 78.9 Å². The first kappa shape index (κ1) is 50.6. The van der Waals surface area contributed by atoms with Gasteiger partial charge in [-0.2, -0.15) is 0 Å². The van der Waals surface area contributed by atoms with Crippen LogP contribution in [-0.2, 0) is 28.6 Å². The summed E-state index contributed by atoms with van der Waals surface area (Å²) in [6.45, 7) is 6.32. The normalized spacial score (nSPS) is 12.9. The standard InChI is InChI=1S/C48H78O6/c1-4-7-10-13-16-19-22-24-26-29-32-35-38-41-47(50)53-44-45(43-52-46(49)40-37-34-31-28-21-18-15-12-9-6-3)54-48(51)42-39-36-33-30-27-25-23-20-17-14-11-8-5-2/h7,10,13,16,19,22,24-27,29,32-33,36,45H,4-6,8-9,11-12,14-15,17-18,20-21,23,28,30-31,34-35,37-44H2,1-3H3/b10-7-,16-13-,22-19-,26-24-,27-25-,32-29-,36-33-. The van der Waals surface area contributed by atoms with Gasteiger partial charge in [0.2, 0.25) is 0 Å². The zero-order chi connectivity index (χ0) is 39.4. The molecule has 0 amide bonds. The van der Waals surface area contributed by atoms with E-state index in [1.54, 1.807) is 0 Å². The molecule has 0 bridgehead atoms. The molecule has 0 spiro atoms. The SMILES string of the molecule is CC\C=C/C=C\C=C/C=C\C=C/CCCC(=O)OCC(COC(=O)CCCCCCCCCCCC)OC(=O)CC/C=C\C/C=C\CCCCCCCC. The first-order valence-electron chi connectivity index (χ1n) is 21.7. The lowest BCUT2D eigenvalue weighted by Crippen LogP contribution is -2.30. The summed E-state index contributed by atoms with van der Waals surface area (Å²) in [4.78, 5) is 37.6. The Bertz CT molecular complexity index is 1090. The Morgan fingerprint density at radius 2 is 0.852 bits per heavy atom. The molecule has 0 radical (unpaired) electrons. The van der Waals surface area contributed by atoms with Crippen LogP contribution in [0.15, 0.2) is 85.1 Å². The van der Waals surface area contributed by atoms with Crippen molar-refractivity contribution in [3.63, 3.8) is 0 Å². The van der Waals surface area contributed by atoms with Gasteiger partial charge in [-0.3, -0.25) is 14.4 Å². The summed E-state index contributed by atoms with van der Waals surface area (Å²) in [5, 5.41) is 0. The number of ether oxygens (including phenoxy) is 3. The molecule has 0 saturated heterocycles. The van der Waals surface area contributed by atoms with Crippen LogP contribution in [0.2, 0.25) is 0 Å². The summed E-state index contributed by atoms with van der Waals surface area (Å²) in [6, 6.07) is 0. The highest BCUT2D eigenvalue weighted by Crippen LogP contribution is 2.12. The van der Waals surface area contributed by atoms with E-state index in [9.17, 15) is 14.4 Å². The Labute approximate surface area is 331 Å². The maximum atomic E-state index is 12.6. The molecule has 1 unspecified atom stereocenters. The highest BCUT2D eigenvalue weighted by Gasteiger charge is 2.19. The van der Waals surface area contributed by atoms with Crippen LogP contribution in [0.3, 0.4) is 0 Å². The second kappa shape index (κ2) is 42.3. The number of allylic oxidation sites excluding steroid dienone is 14. The second-order valence-corrected chi connectivity index (χ2v) is 14.0. The maximum Gasteiger partial charge on any atom is 0.306 e. The van der Waals surface area contributed by atoms with E-state index < -0.39 is 12.1 Å². The molecule has 6 heteroatoms. The lowest BCUT2D eigenvalue weighted by molar-refractivity contribution is -0.166. The molecule has 306 valence electrons. The molecular formula is C48H78O6. The van der Waals surface area contributed by atoms with E-state index in [1.165, 1.54) is 83.5 Å². The van der Waals surface area contributed by atoms with Crippen LogP contribution in [0.1, 0.15) is 181 Å². The van der Waals surface area contributed by atoms with Crippen molar-refractivity contribution < 1.29 is 28.6 Å². The van der Waals surface area contributed by atoms with Gasteiger partial charge >= 0.3 is 17.9 Å². The Morgan fingerprint density at radius 3 is 1.41 bits per heavy atom. The Kier molecular flexibility index (Phi) is 39.7. The summed E-state index contributed by atoms with van der Waals surface area (Å²) in [6.07, 6.45) is 53.0. The minimum Gasteiger partial charge on any atom is -0.462 e. The first-order chi connectivity index (χ1) is 26.5. The van der Waals surface area contributed by atoms with Crippen molar-refractivity contribution in [2.45, 2.75) is 187 Å². The third kappa shape index (κ3) is 39.8. The van der Waals surface area contributed by atoms with Crippen LogP contribution >= 0.6 is 0 Å². The third-order valence-corrected chi connectivity index (χ3v) is 8.78. The lowest BCUT2D eigenvalue weighted by atomic mass is 10.1. The Morgan fingerprint density at radius 1 is 0.407 bits per heavy atom. The zero-order valence-corrected chi connectivity index (χ0v) is 34.7. The average molecular weight is 751 g/mol. The van der Waals surface area contributed by atoms with Crippen LogP contribution < -0.4 is 0 Å². The zero-order valence-electron chi connectivity index (χ0n) is 34.7. The van der Waals surface area contributed by atoms with Crippen molar-refractivity contribution in [3.8, 4) is 0 Å². The van der Waals surface area contributed by atoms with Gasteiger partial charge in [-0.1, -0.05) is 196 Å². The average Bonchev–Trinajstić information content (AvgIpc) is 3.17. The minimum absolute atomic E-state index is 0.121. The Balaban J connectivity index is 4.59. The molecule has 54 heavy (non-hydrogen) atoms. The van der Waals surface area contributed by atoms with Gasteiger partial charge in [-0.25, -0.2) is 0 Å². The molecule has 0 rings (SSSR count). The predicted octanol–water partition coefficient (Wildman–Crippen LogP) is 13.7. The monoisotopic (exact) mass is 751 g/mol. The van der Waals surface area contributed by atoms with E-state index in [4.69, 9.17) is 14.2 Å². The smallest absolute Gasteiger partial charge is 0.306 e. The van der Waals surface area contributed by atoms with E-state index in [1.807, 2.05) is 60.8 Å². The number of rotatable bonds is 37. The number of hydrogen-bond donors (Lipinski definition) is 0. The molecule has 0 fully saturated rings. The molecule has 0 aromatic heterocycles. The third-order valence-electron chi connectivity index (χ3n) is 8.78. The molecule has 0 aliphatic rings. The highest BCUT2D eigenvalue weighted by atomic mass is 16.6. The van der Waals surface area contributed by atoms with Crippen molar-refractivity contribution in [1.29, 1.82) is 0 Å². The van der Waals surface area contributed by atoms with Crippen LogP contribution in [0, 0.1) is 0 Å². The first-order valence-corrected chi connectivity index (χ1v) is 21.7. The molecule has 1 atom stereocenters. The largest absolute Gasteiger partial charge is 0.462 e. The molecule has 0 aromatic carbocycles. The van der Waals surface area contributed by atoms with E-state index in [0.717, 1.165) is 44.9 Å². The molecule has 0 N–H and O–H groups in total. The summed E-state index contributed by atoms with van der Waals surface area (Å²) < 4.78 is 16.5.